The van der Waals surface area contributed by atoms with Crippen molar-refractivity contribution in [2.24, 2.45) is 0 Å². The van der Waals surface area contributed by atoms with Crippen LogP contribution in [0, 0.1) is 0 Å². The van der Waals surface area contributed by atoms with E-state index < -0.39 is 12.1 Å². The van der Waals surface area contributed by atoms with Crippen LogP contribution in [0.5, 0.6) is 5.75 Å². The smallest absolute Gasteiger partial charge is 0.335 e. The highest BCUT2D eigenvalue weighted by molar-refractivity contribution is 5.95. The number of carboxylic acids is 1. The molecule has 3 rings (SSSR count). The van der Waals surface area contributed by atoms with Crippen molar-refractivity contribution in [1.29, 1.82) is 0 Å². The van der Waals surface area contributed by atoms with Crippen LogP contribution < -0.4 is 10.1 Å². The van der Waals surface area contributed by atoms with Gasteiger partial charge in [-0.2, -0.15) is 0 Å². The summed E-state index contributed by atoms with van der Waals surface area (Å²) in [5, 5.41) is 13.7. The molecule has 0 bridgehead atoms. The van der Waals surface area contributed by atoms with Gasteiger partial charge in [0.25, 0.3) is 5.91 Å². The van der Waals surface area contributed by atoms with E-state index in [9.17, 15) is 9.59 Å². The second-order valence-electron chi connectivity index (χ2n) is 5.64. The van der Waals surface area contributed by atoms with Crippen LogP contribution in [0.4, 0.5) is 5.69 Å². The lowest BCUT2D eigenvalue weighted by atomic mass is 10.1. The molecule has 0 aliphatic rings. The third-order valence-electron chi connectivity index (χ3n) is 3.80. The Hall–Kier alpha value is -3.34. The number of rotatable bonds is 5. The molecule has 126 valence electrons. The van der Waals surface area contributed by atoms with E-state index >= 15 is 0 Å². The average molecular weight is 335 g/mol. The minimum atomic E-state index is -1.01. The summed E-state index contributed by atoms with van der Waals surface area (Å²) in [4.78, 5) is 23.1. The predicted molar refractivity (Wildman–Crippen MR) is 96.1 cm³/mol. The zero-order valence-electron chi connectivity index (χ0n) is 13.6. The molecule has 3 aromatic rings. The van der Waals surface area contributed by atoms with E-state index in [1.165, 1.54) is 12.1 Å². The van der Waals surface area contributed by atoms with Crippen LogP contribution in [0.1, 0.15) is 17.3 Å². The summed E-state index contributed by atoms with van der Waals surface area (Å²) in [6.45, 7) is 1.66. The van der Waals surface area contributed by atoms with Crippen molar-refractivity contribution in [1.82, 2.24) is 0 Å². The van der Waals surface area contributed by atoms with Gasteiger partial charge in [0, 0.05) is 5.69 Å². The Morgan fingerprint density at radius 3 is 2.32 bits per heavy atom. The zero-order chi connectivity index (χ0) is 17.8. The zero-order valence-corrected chi connectivity index (χ0v) is 13.6. The molecule has 0 heterocycles. The molecule has 0 aliphatic carbocycles. The summed E-state index contributed by atoms with van der Waals surface area (Å²) in [5.74, 6) is -0.704. The average Bonchev–Trinajstić information content (AvgIpc) is 2.62. The minimum Gasteiger partial charge on any atom is -0.481 e. The second kappa shape index (κ2) is 7.05. The largest absolute Gasteiger partial charge is 0.481 e. The van der Waals surface area contributed by atoms with E-state index in [2.05, 4.69) is 5.32 Å². The molecule has 0 saturated heterocycles. The first-order chi connectivity index (χ1) is 12.0. The van der Waals surface area contributed by atoms with Crippen molar-refractivity contribution in [2.45, 2.75) is 13.0 Å². The highest BCUT2D eigenvalue weighted by Crippen LogP contribution is 2.21. The van der Waals surface area contributed by atoms with Crippen molar-refractivity contribution in [2.75, 3.05) is 5.32 Å². The standard InChI is InChI=1S/C20H17NO4/c1-13(19(22)21-17-9-6-15(7-10-17)20(23)24)25-18-11-8-14-4-2-3-5-16(14)12-18/h2-13H,1H3,(H,21,22)(H,23,24)/t13-/m0/s1. The number of amides is 1. The Bertz CT molecular complexity index is 918. The number of carboxylic acid groups (broad SMARTS) is 1. The van der Waals surface area contributed by atoms with Crippen molar-refractivity contribution in [3.63, 3.8) is 0 Å². The van der Waals surface area contributed by atoms with Gasteiger partial charge >= 0.3 is 5.97 Å². The first-order valence-electron chi connectivity index (χ1n) is 7.82. The van der Waals surface area contributed by atoms with Gasteiger partial charge in [-0.15, -0.1) is 0 Å². The fourth-order valence-electron chi connectivity index (χ4n) is 2.44. The summed E-state index contributed by atoms with van der Waals surface area (Å²) in [7, 11) is 0. The minimum absolute atomic E-state index is 0.165. The molecular weight excluding hydrogens is 318 g/mol. The van der Waals surface area contributed by atoms with E-state index in [0.29, 0.717) is 11.4 Å². The molecule has 1 amide bonds. The highest BCUT2D eigenvalue weighted by Gasteiger charge is 2.15. The first-order valence-corrected chi connectivity index (χ1v) is 7.82. The highest BCUT2D eigenvalue weighted by atomic mass is 16.5. The Morgan fingerprint density at radius 1 is 0.960 bits per heavy atom. The van der Waals surface area contributed by atoms with Crippen molar-refractivity contribution >= 4 is 28.3 Å². The molecule has 3 aromatic carbocycles. The quantitative estimate of drug-likeness (QED) is 0.740. The van der Waals surface area contributed by atoms with Crippen molar-refractivity contribution in [3.8, 4) is 5.75 Å². The number of benzene rings is 3. The number of carbonyl (C=O) groups is 2. The van der Waals surface area contributed by atoms with Crippen LogP contribution in [0.15, 0.2) is 66.7 Å². The van der Waals surface area contributed by atoms with E-state index in [1.54, 1.807) is 19.1 Å². The number of hydrogen-bond acceptors (Lipinski definition) is 3. The van der Waals surface area contributed by atoms with Gasteiger partial charge in [-0.25, -0.2) is 4.79 Å². The van der Waals surface area contributed by atoms with Gasteiger partial charge in [0.2, 0.25) is 0 Å². The van der Waals surface area contributed by atoms with Crippen LogP contribution in [-0.4, -0.2) is 23.1 Å². The van der Waals surface area contributed by atoms with Gasteiger partial charge in [0.15, 0.2) is 6.10 Å². The Balaban J connectivity index is 1.66. The molecule has 25 heavy (non-hydrogen) atoms. The Morgan fingerprint density at radius 2 is 1.64 bits per heavy atom. The van der Waals surface area contributed by atoms with E-state index in [4.69, 9.17) is 9.84 Å². The normalized spacial score (nSPS) is 11.7. The molecule has 0 spiro atoms. The van der Waals surface area contributed by atoms with Crippen molar-refractivity contribution < 1.29 is 19.4 Å². The Labute approximate surface area is 144 Å². The summed E-state index contributed by atoms with van der Waals surface area (Å²) < 4.78 is 5.71. The van der Waals surface area contributed by atoms with Crippen LogP contribution in [-0.2, 0) is 4.79 Å². The molecule has 5 heteroatoms. The topological polar surface area (TPSA) is 75.6 Å². The Kier molecular flexibility index (Phi) is 4.66. The van der Waals surface area contributed by atoms with Gasteiger partial charge in [-0.3, -0.25) is 4.79 Å². The molecule has 5 nitrogen and oxygen atoms in total. The molecule has 0 aromatic heterocycles. The van der Waals surface area contributed by atoms with E-state index in [-0.39, 0.29) is 11.5 Å². The third-order valence-corrected chi connectivity index (χ3v) is 3.80. The lowest BCUT2D eigenvalue weighted by Crippen LogP contribution is -2.30. The maximum absolute atomic E-state index is 12.2. The molecule has 2 N–H and O–H groups in total. The maximum atomic E-state index is 12.2. The van der Waals surface area contributed by atoms with Crippen LogP contribution in [0.3, 0.4) is 0 Å². The van der Waals surface area contributed by atoms with Gasteiger partial charge in [-0.05, 0) is 54.1 Å². The van der Waals surface area contributed by atoms with Crippen LogP contribution >= 0.6 is 0 Å². The number of carbonyl (C=O) groups excluding carboxylic acids is 1. The number of anilines is 1. The molecule has 0 unspecified atom stereocenters. The summed E-state index contributed by atoms with van der Waals surface area (Å²) in [5.41, 5.74) is 0.683. The SMILES string of the molecule is C[C@H](Oc1ccc2ccccc2c1)C(=O)Nc1ccc(C(=O)O)cc1. The predicted octanol–water partition coefficient (Wildman–Crippen LogP) is 3.94. The molecule has 0 aliphatic heterocycles. The fourth-order valence-corrected chi connectivity index (χ4v) is 2.44. The molecule has 0 saturated carbocycles. The lowest BCUT2D eigenvalue weighted by Gasteiger charge is -2.15. The fraction of sp³-hybridized carbons (Fsp3) is 0.100. The van der Waals surface area contributed by atoms with Gasteiger partial charge in [-0.1, -0.05) is 30.3 Å². The summed E-state index contributed by atoms with van der Waals surface area (Å²) in [6, 6.07) is 19.5. The van der Waals surface area contributed by atoms with Gasteiger partial charge < -0.3 is 15.2 Å². The molecule has 0 fully saturated rings. The van der Waals surface area contributed by atoms with E-state index in [0.717, 1.165) is 10.8 Å². The first kappa shape index (κ1) is 16.5. The summed E-state index contributed by atoms with van der Waals surface area (Å²) in [6.07, 6.45) is -0.694. The maximum Gasteiger partial charge on any atom is 0.335 e. The number of nitrogens with one attached hydrogen (secondary N) is 1. The lowest BCUT2D eigenvalue weighted by molar-refractivity contribution is -0.122. The van der Waals surface area contributed by atoms with E-state index in [1.807, 2.05) is 42.5 Å². The van der Waals surface area contributed by atoms with Crippen molar-refractivity contribution in [3.05, 3.63) is 72.3 Å². The number of fused-ring (bicyclic) bond motifs is 1. The second-order valence-corrected chi connectivity index (χ2v) is 5.64. The number of hydrogen-bond donors (Lipinski definition) is 2. The monoisotopic (exact) mass is 335 g/mol. The number of aromatic carboxylic acids is 1. The van der Waals surface area contributed by atoms with Gasteiger partial charge in [0.1, 0.15) is 5.75 Å². The van der Waals surface area contributed by atoms with Crippen LogP contribution in [0.2, 0.25) is 0 Å². The van der Waals surface area contributed by atoms with Gasteiger partial charge in [0.05, 0.1) is 5.56 Å². The third kappa shape index (κ3) is 3.95. The summed E-state index contributed by atoms with van der Waals surface area (Å²) >= 11 is 0. The molecule has 0 radical (unpaired) electrons. The van der Waals surface area contributed by atoms with Crippen LogP contribution in [0.25, 0.3) is 10.8 Å². The molecule has 1 atom stereocenters. The molecular formula is C20H17NO4. The number of ether oxygens (including phenoxy) is 1.